The minimum atomic E-state index is -0.697. The molecule has 0 aliphatic rings. The number of nitro benzene ring substituents is 1. The third-order valence-electron chi connectivity index (χ3n) is 1.93. The number of ether oxygens (including phenoxy) is 1. The summed E-state index contributed by atoms with van der Waals surface area (Å²) in [6, 6.07) is 4.05. The molecule has 6 nitrogen and oxygen atoms in total. The van der Waals surface area contributed by atoms with Crippen molar-refractivity contribution in [3.63, 3.8) is 0 Å². The summed E-state index contributed by atoms with van der Waals surface area (Å²) in [5.74, 6) is -1.04. The zero-order valence-electron chi connectivity index (χ0n) is 9.12. The Morgan fingerprint density at radius 2 is 2.29 bits per heavy atom. The topological polar surface area (TPSA) is 89.7 Å². The molecule has 0 saturated carbocycles. The molecule has 17 heavy (non-hydrogen) atoms. The third-order valence-corrected chi connectivity index (χ3v) is 1.93. The molecular formula is C11H11NO5. The van der Waals surface area contributed by atoms with Crippen LogP contribution >= 0.6 is 0 Å². The van der Waals surface area contributed by atoms with Gasteiger partial charge in [-0.25, -0.2) is 4.79 Å². The summed E-state index contributed by atoms with van der Waals surface area (Å²) >= 11 is 0. The second-order valence-electron chi connectivity index (χ2n) is 3.06. The van der Waals surface area contributed by atoms with E-state index in [0.29, 0.717) is 0 Å². The van der Waals surface area contributed by atoms with Crippen molar-refractivity contribution in [3.05, 3.63) is 40.0 Å². The van der Waals surface area contributed by atoms with Gasteiger partial charge in [0.1, 0.15) is 0 Å². The van der Waals surface area contributed by atoms with Gasteiger partial charge in [0.25, 0.3) is 0 Å². The predicted octanol–water partition coefficient (Wildman–Crippen LogP) is 1.88. The van der Waals surface area contributed by atoms with Crippen LogP contribution in [0.15, 0.2) is 24.3 Å². The molecule has 0 saturated heterocycles. The van der Waals surface area contributed by atoms with Gasteiger partial charge in [-0.15, -0.1) is 0 Å². The standard InChI is InChI=1S/C11H11NO5/c1-2-17-10(13)7-6-8-4-3-5-9(11(8)14)12(15)16/h3-7,14H,2H2,1H3. The molecule has 0 spiro atoms. The maximum Gasteiger partial charge on any atom is 0.330 e. The van der Waals surface area contributed by atoms with E-state index in [0.717, 1.165) is 6.08 Å². The predicted molar refractivity (Wildman–Crippen MR) is 60.4 cm³/mol. The van der Waals surface area contributed by atoms with E-state index < -0.39 is 22.3 Å². The zero-order chi connectivity index (χ0) is 12.8. The van der Waals surface area contributed by atoms with Crippen LogP contribution in [0.2, 0.25) is 0 Å². The van der Waals surface area contributed by atoms with Gasteiger partial charge >= 0.3 is 11.7 Å². The van der Waals surface area contributed by atoms with E-state index in [9.17, 15) is 20.0 Å². The summed E-state index contributed by atoms with van der Waals surface area (Å²) in [4.78, 5) is 20.9. The second kappa shape index (κ2) is 5.64. The van der Waals surface area contributed by atoms with Crippen LogP contribution in [0.4, 0.5) is 5.69 Å². The number of rotatable bonds is 4. The molecule has 0 amide bonds. The van der Waals surface area contributed by atoms with Crippen LogP contribution in [0.3, 0.4) is 0 Å². The highest BCUT2D eigenvalue weighted by atomic mass is 16.6. The lowest BCUT2D eigenvalue weighted by molar-refractivity contribution is -0.385. The number of phenols is 1. The summed E-state index contributed by atoms with van der Waals surface area (Å²) in [7, 11) is 0. The Hall–Kier alpha value is -2.37. The van der Waals surface area contributed by atoms with Crippen LogP contribution in [-0.2, 0) is 9.53 Å². The average Bonchev–Trinajstić information content (AvgIpc) is 2.27. The first-order valence-corrected chi connectivity index (χ1v) is 4.87. The van der Waals surface area contributed by atoms with E-state index >= 15 is 0 Å². The molecule has 1 N–H and O–H groups in total. The molecule has 1 aromatic rings. The number of para-hydroxylation sites is 1. The van der Waals surface area contributed by atoms with Gasteiger partial charge in [0, 0.05) is 17.7 Å². The number of hydrogen-bond donors (Lipinski definition) is 1. The second-order valence-corrected chi connectivity index (χ2v) is 3.06. The van der Waals surface area contributed by atoms with Gasteiger partial charge in [0.05, 0.1) is 11.5 Å². The Morgan fingerprint density at radius 1 is 1.59 bits per heavy atom. The first-order valence-electron chi connectivity index (χ1n) is 4.87. The summed E-state index contributed by atoms with van der Waals surface area (Å²) in [5.41, 5.74) is -0.219. The van der Waals surface area contributed by atoms with Crippen LogP contribution in [0.1, 0.15) is 12.5 Å². The van der Waals surface area contributed by atoms with Crippen LogP contribution in [-0.4, -0.2) is 22.6 Å². The van der Waals surface area contributed by atoms with E-state index in [1.807, 2.05) is 0 Å². The molecule has 90 valence electrons. The molecule has 0 radical (unpaired) electrons. The Labute approximate surface area is 97.3 Å². The number of carbonyl (C=O) groups is 1. The van der Waals surface area contributed by atoms with Gasteiger partial charge in [0.15, 0.2) is 0 Å². The zero-order valence-corrected chi connectivity index (χ0v) is 9.12. The van der Waals surface area contributed by atoms with Crippen molar-refractivity contribution in [2.24, 2.45) is 0 Å². The number of carbonyl (C=O) groups excluding carboxylic acids is 1. The minimum Gasteiger partial charge on any atom is -0.502 e. The Balaban J connectivity index is 2.96. The fraction of sp³-hybridized carbons (Fsp3) is 0.182. The highest BCUT2D eigenvalue weighted by Crippen LogP contribution is 2.29. The normalized spacial score (nSPS) is 10.4. The lowest BCUT2D eigenvalue weighted by atomic mass is 10.1. The van der Waals surface area contributed by atoms with Crippen molar-refractivity contribution in [1.82, 2.24) is 0 Å². The van der Waals surface area contributed by atoms with Gasteiger partial charge in [-0.1, -0.05) is 12.1 Å². The molecule has 0 heterocycles. The third kappa shape index (κ3) is 3.30. The summed E-state index contributed by atoms with van der Waals surface area (Å²) in [6.45, 7) is 1.90. The maximum atomic E-state index is 11.0. The molecular weight excluding hydrogens is 226 g/mol. The molecule has 0 aliphatic heterocycles. The highest BCUT2D eigenvalue weighted by molar-refractivity contribution is 5.87. The van der Waals surface area contributed by atoms with Gasteiger partial charge in [-0.3, -0.25) is 10.1 Å². The van der Waals surface area contributed by atoms with E-state index in [1.54, 1.807) is 6.92 Å². The molecule has 1 rings (SSSR count). The quantitative estimate of drug-likeness (QED) is 0.373. The van der Waals surface area contributed by atoms with Crippen molar-refractivity contribution in [2.75, 3.05) is 6.61 Å². The summed E-state index contributed by atoms with van der Waals surface area (Å²) < 4.78 is 4.64. The van der Waals surface area contributed by atoms with Crippen molar-refractivity contribution in [2.45, 2.75) is 6.92 Å². The molecule has 1 aromatic carbocycles. The minimum absolute atomic E-state index is 0.187. The van der Waals surface area contributed by atoms with Gasteiger partial charge in [0.2, 0.25) is 5.75 Å². The highest BCUT2D eigenvalue weighted by Gasteiger charge is 2.14. The number of hydrogen-bond acceptors (Lipinski definition) is 5. The molecule has 0 fully saturated rings. The van der Waals surface area contributed by atoms with Crippen molar-refractivity contribution in [1.29, 1.82) is 0 Å². The van der Waals surface area contributed by atoms with Gasteiger partial charge in [-0.2, -0.15) is 0 Å². The fourth-order valence-corrected chi connectivity index (χ4v) is 1.18. The first-order chi connectivity index (χ1) is 8.06. The number of aromatic hydroxyl groups is 1. The summed E-state index contributed by atoms with van der Waals surface area (Å²) in [6.07, 6.45) is 2.36. The van der Waals surface area contributed by atoms with E-state index in [4.69, 9.17) is 0 Å². The van der Waals surface area contributed by atoms with E-state index in [2.05, 4.69) is 4.74 Å². The smallest absolute Gasteiger partial charge is 0.330 e. The molecule has 0 aliphatic carbocycles. The maximum absolute atomic E-state index is 11.0. The molecule has 6 heteroatoms. The lowest BCUT2D eigenvalue weighted by Crippen LogP contribution is -1.98. The van der Waals surface area contributed by atoms with Crippen molar-refractivity contribution in [3.8, 4) is 5.75 Å². The van der Waals surface area contributed by atoms with E-state index in [1.165, 1.54) is 24.3 Å². The Kier molecular flexibility index (Phi) is 4.21. The summed E-state index contributed by atoms with van der Waals surface area (Å²) in [5, 5.41) is 20.1. The van der Waals surface area contributed by atoms with Crippen LogP contribution in [0.5, 0.6) is 5.75 Å². The number of nitro groups is 1. The monoisotopic (exact) mass is 237 g/mol. The van der Waals surface area contributed by atoms with Crippen molar-refractivity contribution >= 4 is 17.7 Å². The largest absolute Gasteiger partial charge is 0.502 e. The van der Waals surface area contributed by atoms with Gasteiger partial charge < -0.3 is 9.84 Å². The Morgan fingerprint density at radius 3 is 2.88 bits per heavy atom. The lowest BCUT2D eigenvalue weighted by Gasteiger charge is -1.99. The van der Waals surface area contributed by atoms with Crippen LogP contribution in [0.25, 0.3) is 6.08 Å². The SMILES string of the molecule is CCOC(=O)C=Cc1cccc([N+](=O)[O-])c1O. The van der Waals surface area contributed by atoms with Crippen LogP contribution < -0.4 is 0 Å². The van der Waals surface area contributed by atoms with E-state index in [-0.39, 0.29) is 12.2 Å². The van der Waals surface area contributed by atoms with Gasteiger partial charge in [-0.05, 0) is 13.0 Å². The number of nitrogens with zero attached hydrogens (tertiary/aromatic N) is 1. The Bertz CT molecular complexity index is 467. The number of esters is 1. The number of phenolic OH excluding ortho intramolecular Hbond substituents is 1. The van der Waals surface area contributed by atoms with Crippen LogP contribution in [0, 0.1) is 10.1 Å². The number of benzene rings is 1. The molecule has 0 bridgehead atoms. The first kappa shape index (κ1) is 12.7. The fourth-order valence-electron chi connectivity index (χ4n) is 1.18. The molecule has 0 atom stereocenters. The molecule has 0 aromatic heterocycles. The molecule has 0 unspecified atom stereocenters. The average molecular weight is 237 g/mol. The van der Waals surface area contributed by atoms with Crippen molar-refractivity contribution < 1.29 is 19.6 Å².